The summed E-state index contributed by atoms with van der Waals surface area (Å²) in [5, 5.41) is 6.18. The van der Waals surface area contributed by atoms with Gasteiger partial charge in [0, 0.05) is 30.5 Å². The summed E-state index contributed by atoms with van der Waals surface area (Å²) in [6.45, 7) is 4.52. The Morgan fingerprint density at radius 3 is 2.71 bits per heavy atom. The molecule has 0 radical (unpaired) electrons. The third kappa shape index (κ3) is 5.65. The van der Waals surface area contributed by atoms with Gasteiger partial charge >= 0.3 is 0 Å². The van der Waals surface area contributed by atoms with E-state index in [-0.39, 0.29) is 36.4 Å². The number of aromatic amines is 1. The first-order valence-corrected chi connectivity index (χ1v) is 13.2. The van der Waals surface area contributed by atoms with Gasteiger partial charge in [-0.3, -0.25) is 9.59 Å². The normalized spacial score (nSPS) is 21.3. The molecule has 5 rings (SSSR count). The number of fused-ring (bicyclic) bond motifs is 1. The van der Waals surface area contributed by atoms with Crippen LogP contribution in [0.3, 0.4) is 0 Å². The van der Waals surface area contributed by atoms with Crippen LogP contribution in [0.1, 0.15) is 55.1 Å². The van der Waals surface area contributed by atoms with Crippen molar-refractivity contribution in [2.75, 3.05) is 20.3 Å². The molecule has 38 heavy (non-hydrogen) atoms. The first kappa shape index (κ1) is 26.1. The molecule has 10 heteroatoms. The minimum Gasteiger partial charge on any atom is -0.493 e. The molecule has 3 N–H and O–H groups in total. The van der Waals surface area contributed by atoms with Gasteiger partial charge in [-0.2, -0.15) is 0 Å². The minimum atomic E-state index is -0.394. The number of H-pyrrole nitrogens is 1. The molecule has 2 aliphatic carbocycles. The molecule has 2 saturated carbocycles. The fourth-order valence-electron chi connectivity index (χ4n) is 5.29. The predicted octanol–water partition coefficient (Wildman–Crippen LogP) is 3.91. The van der Waals surface area contributed by atoms with Crippen LogP contribution in [0.15, 0.2) is 24.5 Å². The van der Waals surface area contributed by atoms with E-state index in [9.17, 15) is 14.0 Å². The molecule has 0 aliphatic heterocycles. The van der Waals surface area contributed by atoms with Gasteiger partial charge in [0.15, 0.2) is 0 Å². The first-order valence-electron chi connectivity index (χ1n) is 13.2. The number of ether oxygens (including phenoxy) is 2. The van der Waals surface area contributed by atoms with Gasteiger partial charge in [-0.05, 0) is 69.1 Å². The predicted molar refractivity (Wildman–Crippen MR) is 140 cm³/mol. The van der Waals surface area contributed by atoms with Gasteiger partial charge in [0.2, 0.25) is 5.91 Å². The number of amides is 2. The molecule has 2 aliphatic rings. The fraction of sp³-hybridized carbons (Fsp3) is 0.500. The topological polar surface area (TPSA) is 118 Å². The molecule has 2 aromatic heterocycles. The maximum Gasteiger partial charge on any atom is 0.255 e. The average molecular weight is 524 g/mol. The molecule has 0 bridgehead atoms. The highest BCUT2D eigenvalue weighted by atomic mass is 19.1. The number of rotatable bonds is 9. The summed E-state index contributed by atoms with van der Waals surface area (Å²) in [5.41, 5.74) is 3.16. The van der Waals surface area contributed by atoms with Gasteiger partial charge in [-0.15, -0.1) is 0 Å². The van der Waals surface area contributed by atoms with E-state index in [2.05, 4.69) is 32.5 Å². The Bertz CT molecular complexity index is 1340. The Labute approximate surface area is 220 Å². The third-order valence-electron chi connectivity index (χ3n) is 7.49. The van der Waals surface area contributed by atoms with E-state index < -0.39 is 5.82 Å². The highest BCUT2D eigenvalue weighted by Crippen LogP contribution is 2.37. The van der Waals surface area contributed by atoms with Crippen molar-refractivity contribution < 1.29 is 23.5 Å². The lowest BCUT2D eigenvalue weighted by atomic mass is 9.82. The van der Waals surface area contributed by atoms with Crippen molar-refractivity contribution in [1.29, 1.82) is 0 Å². The van der Waals surface area contributed by atoms with E-state index in [1.54, 1.807) is 6.07 Å². The molecule has 3 aromatic rings. The van der Waals surface area contributed by atoms with E-state index in [0.717, 1.165) is 32.1 Å². The van der Waals surface area contributed by atoms with Crippen LogP contribution in [0, 0.1) is 24.6 Å². The van der Waals surface area contributed by atoms with Gasteiger partial charge < -0.3 is 25.1 Å². The Morgan fingerprint density at radius 2 is 1.97 bits per heavy atom. The summed E-state index contributed by atoms with van der Waals surface area (Å²) in [6, 6.07) is 4.44. The van der Waals surface area contributed by atoms with Crippen LogP contribution in [0.5, 0.6) is 5.75 Å². The average Bonchev–Trinajstić information content (AvgIpc) is 3.64. The van der Waals surface area contributed by atoms with E-state index >= 15 is 0 Å². The van der Waals surface area contributed by atoms with Gasteiger partial charge in [0.05, 0.1) is 17.7 Å². The number of carbonyl (C=O) groups is 2. The molecular weight excluding hydrogens is 489 g/mol. The van der Waals surface area contributed by atoms with Crippen LogP contribution in [-0.4, -0.2) is 59.2 Å². The second-order valence-electron chi connectivity index (χ2n) is 10.5. The number of aromatic nitrogens is 3. The molecule has 3 atom stereocenters. The monoisotopic (exact) mass is 523 g/mol. The minimum absolute atomic E-state index is 0.0330. The molecule has 2 fully saturated rings. The third-order valence-corrected chi connectivity index (χ3v) is 7.49. The summed E-state index contributed by atoms with van der Waals surface area (Å²) < 4.78 is 25.2. The molecule has 2 amide bonds. The lowest BCUT2D eigenvalue weighted by molar-refractivity contribution is -0.125. The number of halogens is 1. The molecule has 0 spiro atoms. The van der Waals surface area contributed by atoms with Crippen LogP contribution in [0.25, 0.3) is 22.3 Å². The van der Waals surface area contributed by atoms with Gasteiger partial charge in [-0.25, -0.2) is 14.4 Å². The van der Waals surface area contributed by atoms with Crippen molar-refractivity contribution in [1.82, 2.24) is 25.6 Å². The van der Waals surface area contributed by atoms with E-state index in [1.165, 1.54) is 25.6 Å². The van der Waals surface area contributed by atoms with Crippen molar-refractivity contribution in [3.63, 3.8) is 0 Å². The van der Waals surface area contributed by atoms with Gasteiger partial charge in [0.1, 0.15) is 35.7 Å². The highest BCUT2D eigenvalue weighted by Gasteiger charge is 2.31. The maximum absolute atomic E-state index is 14.3. The van der Waals surface area contributed by atoms with E-state index in [0.29, 0.717) is 51.8 Å². The van der Waals surface area contributed by atoms with Crippen molar-refractivity contribution in [3.05, 3.63) is 41.6 Å². The molecular formula is C28H34FN5O4. The number of nitrogens with zero attached hydrogens (tertiary/aromatic N) is 2. The van der Waals surface area contributed by atoms with Crippen molar-refractivity contribution in [3.8, 4) is 17.0 Å². The van der Waals surface area contributed by atoms with Crippen LogP contribution in [0.2, 0.25) is 0 Å². The molecule has 1 aromatic carbocycles. The van der Waals surface area contributed by atoms with Crippen LogP contribution < -0.4 is 15.4 Å². The zero-order valence-electron chi connectivity index (χ0n) is 22.0. The highest BCUT2D eigenvalue weighted by molar-refractivity contribution is 6.09. The summed E-state index contributed by atoms with van der Waals surface area (Å²) in [7, 11) is 1.50. The largest absolute Gasteiger partial charge is 0.493 e. The van der Waals surface area contributed by atoms with Crippen molar-refractivity contribution >= 4 is 22.8 Å². The van der Waals surface area contributed by atoms with Crippen LogP contribution in [0.4, 0.5) is 4.39 Å². The zero-order valence-corrected chi connectivity index (χ0v) is 22.0. The van der Waals surface area contributed by atoms with Gasteiger partial charge in [0.25, 0.3) is 5.91 Å². The summed E-state index contributed by atoms with van der Waals surface area (Å²) in [4.78, 5) is 37.5. The lowest BCUT2D eigenvalue weighted by Gasteiger charge is -2.35. The van der Waals surface area contributed by atoms with Crippen molar-refractivity contribution in [2.24, 2.45) is 11.8 Å². The Morgan fingerprint density at radius 1 is 1.16 bits per heavy atom. The van der Waals surface area contributed by atoms with Crippen LogP contribution in [-0.2, 0) is 9.53 Å². The second kappa shape index (κ2) is 11.1. The van der Waals surface area contributed by atoms with Crippen LogP contribution >= 0.6 is 0 Å². The molecule has 0 unspecified atom stereocenters. The summed E-state index contributed by atoms with van der Waals surface area (Å²) in [5.74, 6) is 0.530. The number of aryl methyl sites for hydroxylation is 1. The molecule has 202 valence electrons. The zero-order chi connectivity index (χ0) is 26.8. The number of carbonyl (C=O) groups excluding carboxylic acids is 2. The molecule has 9 nitrogen and oxygen atoms in total. The number of benzene rings is 1. The smallest absolute Gasteiger partial charge is 0.255 e. The Balaban J connectivity index is 1.36. The van der Waals surface area contributed by atoms with E-state index in [4.69, 9.17) is 9.47 Å². The number of methoxy groups -OCH3 is 1. The standard InChI is InChI=1S/C28H34FN5O4/c1-15-10-19(33-23(35)13-37-3)7-8-21(15)34-28(36)24-16(2)32-27-25(30-14-31-26(24)27)20-11-18(29)6-9-22(20)38-12-17-4-5-17/h6,9,11,14-15,17,19,21,32H,4-5,7-8,10,12-13H2,1-3H3,(H,33,35)(H,34,36)/t15-,19-,21-/m1/s1. The molecule has 0 saturated heterocycles. The van der Waals surface area contributed by atoms with Gasteiger partial charge in [-0.1, -0.05) is 6.92 Å². The number of hydrogen-bond acceptors (Lipinski definition) is 6. The number of nitrogens with one attached hydrogen (secondary N) is 3. The second-order valence-corrected chi connectivity index (χ2v) is 10.5. The first-order chi connectivity index (χ1) is 18.3. The fourth-order valence-corrected chi connectivity index (χ4v) is 5.29. The quantitative estimate of drug-likeness (QED) is 0.391. The summed E-state index contributed by atoms with van der Waals surface area (Å²) >= 11 is 0. The number of hydrogen-bond donors (Lipinski definition) is 3. The Hall–Kier alpha value is -3.53. The summed E-state index contributed by atoms with van der Waals surface area (Å²) in [6.07, 6.45) is 5.97. The maximum atomic E-state index is 14.3. The Kier molecular flexibility index (Phi) is 7.60. The molecule has 2 heterocycles. The SMILES string of the molecule is COCC(=O)N[C@@H]1CC[C@@H](NC(=O)c2c(C)[nH]c3c(-c4cc(F)ccc4OCC4CC4)ncnc23)[C@H](C)C1. The van der Waals surface area contributed by atoms with Crippen molar-refractivity contribution in [2.45, 2.75) is 58.0 Å². The lowest BCUT2D eigenvalue weighted by Crippen LogP contribution is -2.48. The van der Waals surface area contributed by atoms with E-state index in [1.807, 2.05) is 6.92 Å².